The van der Waals surface area contributed by atoms with E-state index < -0.39 is 0 Å². The first kappa shape index (κ1) is 21.6. The van der Waals surface area contributed by atoms with Crippen molar-refractivity contribution in [1.29, 1.82) is 0 Å². The highest BCUT2D eigenvalue weighted by atomic mass is 19.1. The van der Waals surface area contributed by atoms with Crippen LogP contribution in [0, 0.1) is 5.82 Å². The molecule has 4 heteroatoms. The fourth-order valence-corrected chi connectivity index (χ4v) is 5.57. The molecule has 5 aromatic rings. The summed E-state index contributed by atoms with van der Waals surface area (Å²) in [5, 5.41) is 5.84. The van der Waals surface area contributed by atoms with E-state index in [2.05, 4.69) is 29.6 Å². The van der Waals surface area contributed by atoms with Gasteiger partial charge < -0.3 is 10.1 Å². The molecule has 0 saturated heterocycles. The van der Waals surface area contributed by atoms with E-state index in [-0.39, 0.29) is 24.1 Å². The van der Waals surface area contributed by atoms with Crippen molar-refractivity contribution in [3.63, 3.8) is 0 Å². The lowest BCUT2D eigenvalue weighted by molar-refractivity contribution is 0.103. The molecule has 1 aliphatic heterocycles. The fourth-order valence-electron chi connectivity index (χ4n) is 5.57. The van der Waals surface area contributed by atoms with Crippen molar-refractivity contribution in [3.8, 4) is 5.75 Å². The van der Waals surface area contributed by atoms with E-state index in [0.29, 0.717) is 11.3 Å². The Balaban J connectivity index is 1.33. The molecule has 0 fully saturated rings. The third-order valence-electron chi connectivity index (χ3n) is 7.33. The van der Waals surface area contributed by atoms with Gasteiger partial charge in [-0.1, -0.05) is 84.9 Å². The zero-order valence-electron chi connectivity index (χ0n) is 19.9. The lowest BCUT2D eigenvalue weighted by Gasteiger charge is -2.30. The summed E-state index contributed by atoms with van der Waals surface area (Å²) >= 11 is 0. The van der Waals surface area contributed by atoms with Gasteiger partial charge >= 0.3 is 0 Å². The van der Waals surface area contributed by atoms with Crippen molar-refractivity contribution in [3.05, 3.63) is 148 Å². The Morgan fingerprint density at radius 3 is 2.32 bits per heavy atom. The zero-order valence-corrected chi connectivity index (χ0v) is 19.9. The van der Waals surface area contributed by atoms with Gasteiger partial charge in [0.15, 0.2) is 5.78 Å². The van der Waals surface area contributed by atoms with E-state index >= 15 is 0 Å². The zero-order chi connectivity index (χ0) is 24.9. The summed E-state index contributed by atoms with van der Waals surface area (Å²) in [6.07, 6.45) is 0. The van der Waals surface area contributed by atoms with E-state index in [1.165, 1.54) is 6.07 Å². The van der Waals surface area contributed by atoms with Crippen LogP contribution in [-0.4, -0.2) is 5.78 Å². The Bertz CT molecular complexity index is 1740. The Kier molecular flexibility index (Phi) is 4.93. The second kappa shape index (κ2) is 8.45. The SMILES string of the molecule is O=C1C2=C(Nc3ccc4ccccc4c3[C@H]2c2ccc(OCc3ccccc3F)cc2)c2ccccc21. The number of Topliss-reactive ketones (excluding diaryl/α,β-unsaturated/α-hetero) is 1. The van der Waals surface area contributed by atoms with Crippen molar-refractivity contribution in [2.75, 3.05) is 5.32 Å². The van der Waals surface area contributed by atoms with Gasteiger partial charge in [0, 0.05) is 33.9 Å². The molecule has 37 heavy (non-hydrogen) atoms. The van der Waals surface area contributed by atoms with Gasteiger partial charge in [-0.2, -0.15) is 0 Å². The first-order valence-electron chi connectivity index (χ1n) is 12.3. The standard InChI is InChI=1S/C33H22FNO2/c34-27-12-6-2-8-22(27)19-37-23-16-13-21(14-17-23)29-30-24-9-3-1-7-20(24)15-18-28(30)35-32-25-10-4-5-11-26(25)33(36)31(29)32/h1-18,29,35H,19H2/t29-/m1/s1. The number of carbonyl (C=O) groups is 1. The number of benzene rings is 5. The van der Waals surface area contributed by atoms with Crippen LogP contribution in [0.25, 0.3) is 16.5 Å². The molecular weight excluding hydrogens is 461 g/mol. The number of hydrogen-bond acceptors (Lipinski definition) is 3. The third-order valence-corrected chi connectivity index (χ3v) is 7.33. The van der Waals surface area contributed by atoms with Gasteiger partial charge in [-0.05, 0) is 46.2 Å². The highest BCUT2D eigenvalue weighted by Crippen LogP contribution is 2.51. The number of carbonyl (C=O) groups excluding carboxylic acids is 1. The maximum atomic E-state index is 14.0. The monoisotopic (exact) mass is 483 g/mol. The minimum atomic E-state index is -0.281. The molecule has 0 saturated carbocycles. The molecule has 0 spiro atoms. The Labute approximate surface area is 213 Å². The lowest BCUT2D eigenvalue weighted by Crippen LogP contribution is -2.19. The molecule has 1 aliphatic carbocycles. The molecule has 1 atom stereocenters. The summed E-state index contributed by atoms with van der Waals surface area (Å²) in [6, 6.07) is 34.7. The number of nitrogens with one attached hydrogen (secondary N) is 1. The van der Waals surface area contributed by atoms with Crippen LogP contribution in [0.4, 0.5) is 10.1 Å². The van der Waals surface area contributed by atoms with E-state index in [1.807, 2.05) is 60.7 Å². The average molecular weight is 484 g/mol. The van der Waals surface area contributed by atoms with Crippen LogP contribution in [0.1, 0.15) is 38.5 Å². The van der Waals surface area contributed by atoms with Crippen molar-refractivity contribution >= 4 is 27.9 Å². The summed E-state index contributed by atoms with van der Waals surface area (Å²) in [6.45, 7) is 0.149. The van der Waals surface area contributed by atoms with Crippen LogP contribution in [0.5, 0.6) is 5.75 Å². The molecule has 2 aliphatic rings. The van der Waals surface area contributed by atoms with Gasteiger partial charge in [-0.25, -0.2) is 4.39 Å². The topological polar surface area (TPSA) is 38.3 Å². The Morgan fingerprint density at radius 2 is 1.49 bits per heavy atom. The van der Waals surface area contributed by atoms with Gasteiger partial charge in [0.25, 0.3) is 0 Å². The van der Waals surface area contributed by atoms with Crippen LogP contribution in [0.15, 0.2) is 115 Å². The Hall–Kier alpha value is -4.70. The number of fused-ring (bicyclic) bond motifs is 5. The quantitative estimate of drug-likeness (QED) is 0.284. The van der Waals surface area contributed by atoms with Gasteiger partial charge in [-0.3, -0.25) is 4.79 Å². The number of anilines is 1. The third kappa shape index (κ3) is 3.45. The number of ether oxygens (including phenoxy) is 1. The molecule has 0 amide bonds. The molecule has 0 radical (unpaired) electrons. The fraction of sp³-hybridized carbons (Fsp3) is 0.0606. The number of allylic oxidation sites excluding steroid dienone is 1. The van der Waals surface area contributed by atoms with Gasteiger partial charge in [0.2, 0.25) is 0 Å². The molecule has 7 rings (SSSR count). The molecule has 1 N–H and O–H groups in total. The number of halogens is 1. The van der Waals surface area contributed by atoms with E-state index in [1.54, 1.807) is 18.2 Å². The average Bonchev–Trinajstić information content (AvgIpc) is 3.23. The second-order valence-corrected chi connectivity index (χ2v) is 9.42. The predicted octanol–water partition coefficient (Wildman–Crippen LogP) is 7.72. The smallest absolute Gasteiger partial charge is 0.192 e. The van der Waals surface area contributed by atoms with Gasteiger partial charge in [0.05, 0.1) is 5.70 Å². The molecule has 3 nitrogen and oxygen atoms in total. The summed E-state index contributed by atoms with van der Waals surface area (Å²) in [4.78, 5) is 13.8. The van der Waals surface area contributed by atoms with Crippen molar-refractivity contribution < 1.29 is 13.9 Å². The molecule has 0 aromatic heterocycles. The largest absolute Gasteiger partial charge is 0.489 e. The predicted molar refractivity (Wildman–Crippen MR) is 144 cm³/mol. The van der Waals surface area contributed by atoms with E-state index in [4.69, 9.17) is 4.74 Å². The minimum absolute atomic E-state index is 0.0570. The van der Waals surface area contributed by atoms with E-state index in [9.17, 15) is 9.18 Å². The molecule has 0 bridgehead atoms. The maximum absolute atomic E-state index is 14.0. The number of rotatable bonds is 4. The van der Waals surface area contributed by atoms with Gasteiger partial charge in [-0.15, -0.1) is 0 Å². The highest BCUT2D eigenvalue weighted by Gasteiger charge is 2.40. The normalized spacial score (nSPS) is 15.7. The maximum Gasteiger partial charge on any atom is 0.192 e. The second-order valence-electron chi connectivity index (χ2n) is 9.42. The number of hydrogen-bond donors (Lipinski definition) is 1. The number of ketones is 1. The molecule has 5 aromatic carbocycles. The molecule has 0 unspecified atom stereocenters. The highest BCUT2D eigenvalue weighted by molar-refractivity contribution is 6.24. The van der Waals surface area contributed by atoms with Crippen molar-refractivity contribution in [2.24, 2.45) is 0 Å². The molecule has 1 heterocycles. The van der Waals surface area contributed by atoms with Gasteiger partial charge in [0.1, 0.15) is 18.2 Å². The van der Waals surface area contributed by atoms with Crippen LogP contribution >= 0.6 is 0 Å². The van der Waals surface area contributed by atoms with Crippen LogP contribution in [0.3, 0.4) is 0 Å². The summed E-state index contributed by atoms with van der Waals surface area (Å²) in [5.74, 6) is 0.185. The summed E-state index contributed by atoms with van der Waals surface area (Å²) < 4.78 is 19.9. The Morgan fingerprint density at radius 1 is 0.757 bits per heavy atom. The molecule has 178 valence electrons. The van der Waals surface area contributed by atoms with Crippen molar-refractivity contribution in [1.82, 2.24) is 0 Å². The van der Waals surface area contributed by atoms with Crippen LogP contribution in [-0.2, 0) is 6.61 Å². The lowest BCUT2D eigenvalue weighted by atomic mass is 9.78. The first-order valence-corrected chi connectivity index (χ1v) is 12.3. The van der Waals surface area contributed by atoms with E-state index in [0.717, 1.165) is 50.0 Å². The van der Waals surface area contributed by atoms with Crippen LogP contribution in [0.2, 0.25) is 0 Å². The van der Waals surface area contributed by atoms with Crippen LogP contribution < -0.4 is 10.1 Å². The molecular formula is C33H22FNO2. The first-order chi connectivity index (χ1) is 18.2. The minimum Gasteiger partial charge on any atom is -0.489 e. The summed E-state index contributed by atoms with van der Waals surface area (Å²) in [5.41, 5.74) is 6.94. The summed E-state index contributed by atoms with van der Waals surface area (Å²) in [7, 11) is 0. The van der Waals surface area contributed by atoms with Crippen molar-refractivity contribution in [2.45, 2.75) is 12.5 Å².